The number of para-hydroxylation sites is 2. The van der Waals surface area contributed by atoms with Gasteiger partial charge in [0.1, 0.15) is 5.69 Å². The highest BCUT2D eigenvalue weighted by atomic mass is 16.1. The fourth-order valence-corrected chi connectivity index (χ4v) is 3.64. The van der Waals surface area contributed by atoms with Crippen LogP contribution in [0.25, 0.3) is 11.0 Å². The van der Waals surface area contributed by atoms with Gasteiger partial charge in [0.15, 0.2) is 0 Å². The van der Waals surface area contributed by atoms with Gasteiger partial charge in [0.05, 0.1) is 17.2 Å². The van der Waals surface area contributed by atoms with Crippen molar-refractivity contribution in [2.24, 2.45) is 0 Å². The second kappa shape index (κ2) is 6.24. The Morgan fingerprint density at radius 3 is 2.78 bits per heavy atom. The minimum Gasteiger partial charge on any atom is -0.349 e. The Balaban J connectivity index is 1.40. The van der Waals surface area contributed by atoms with Crippen LogP contribution in [0.4, 0.5) is 0 Å². The van der Waals surface area contributed by atoms with E-state index in [0.29, 0.717) is 18.3 Å². The second-order valence-electron chi connectivity index (χ2n) is 6.57. The van der Waals surface area contributed by atoms with Crippen LogP contribution in [0, 0.1) is 0 Å². The highest BCUT2D eigenvalue weighted by molar-refractivity contribution is 5.93. The van der Waals surface area contributed by atoms with E-state index < -0.39 is 0 Å². The molecule has 120 valence electrons. The molecule has 2 aromatic rings. The van der Waals surface area contributed by atoms with Crippen molar-refractivity contribution >= 4 is 16.9 Å². The quantitative estimate of drug-likeness (QED) is 0.942. The fraction of sp³-hybridized carbons (Fsp3) is 0.500. The van der Waals surface area contributed by atoms with E-state index in [1.165, 1.54) is 38.6 Å². The molecule has 2 fully saturated rings. The maximum absolute atomic E-state index is 12.4. The lowest BCUT2D eigenvalue weighted by Crippen LogP contribution is -2.47. The summed E-state index contributed by atoms with van der Waals surface area (Å²) in [6.07, 6.45) is 7.98. The Kier molecular flexibility index (Phi) is 3.95. The molecule has 0 unspecified atom stereocenters. The van der Waals surface area contributed by atoms with E-state index in [2.05, 4.69) is 20.2 Å². The fourth-order valence-electron chi connectivity index (χ4n) is 3.64. The maximum Gasteiger partial charge on any atom is 0.271 e. The molecule has 2 aliphatic rings. The van der Waals surface area contributed by atoms with Crippen molar-refractivity contribution < 1.29 is 4.79 Å². The lowest BCUT2D eigenvalue weighted by atomic mass is 9.91. The lowest BCUT2D eigenvalue weighted by molar-refractivity contribution is 0.0889. The summed E-state index contributed by atoms with van der Waals surface area (Å²) in [6, 6.07) is 8.85. The average molecular weight is 310 g/mol. The van der Waals surface area contributed by atoms with Crippen LogP contribution < -0.4 is 5.32 Å². The summed E-state index contributed by atoms with van der Waals surface area (Å²) in [5.41, 5.74) is 1.98. The molecule has 1 atom stereocenters. The first-order chi connectivity index (χ1) is 11.3. The number of aromatic nitrogens is 2. The molecule has 1 aliphatic carbocycles. The maximum atomic E-state index is 12.4. The predicted molar refractivity (Wildman–Crippen MR) is 89.2 cm³/mol. The molecule has 0 radical (unpaired) electrons. The molecular weight excluding hydrogens is 288 g/mol. The number of fused-ring (bicyclic) bond motifs is 1. The zero-order chi connectivity index (χ0) is 15.6. The smallest absolute Gasteiger partial charge is 0.271 e. The number of nitrogens with zero attached hydrogens (tertiary/aromatic N) is 3. The predicted octanol–water partition coefficient (Wildman–Crippen LogP) is 2.38. The number of rotatable bonds is 4. The van der Waals surface area contributed by atoms with Crippen molar-refractivity contribution in [1.82, 2.24) is 20.2 Å². The molecule has 5 nitrogen and oxygen atoms in total. The Hall–Kier alpha value is -2.01. The van der Waals surface area contributed by atoms with E-state index in [4.69, 9.17) is 0 Å². The summed E-state index contributed by atoms with van der Waals surface area (Å²) in [5, 5.41) is 3.06. The zero-order valence-electron chi connectivity index (χ0n) is 13.2. The molecule has 2 heterocycles. The van der Waals surface area contributed by atoms with Gasteiger partial charge in [-0.05, 0) is 44.4 Å². The standard InChI is InChI=1S/C18H22N4O/c23-18(17-12-19-15-8-1-2-9-16(15)21-17)20-11-14-7-4-10-22(14)13-5-3-6-13/h1-2,8-9,12-14H,3-7,10-11H2,(H,20,23)/t14-/m0/s1. The summed E-state index contributed by atoms with van der Waals surface area (Å²) in [5.74, 6) is -0.122. The van der Waals surface area contributed by atoms with Crippen molar-refractivity contribution in [2.75, 3.05) is 13.1 Å². The third-order valence-electron chi connectivity index (χ3n) is 5.15. The first-order valence-corrected chi connectivity index (χ1v) is 8.57. The van der Waals surface area contributed by atoms with Crippen molar-refractivity contribution in [3.63, 3.8) is 0 Å². The summed E-state index contributed by atoms with van der Waals surface area (Å²) in [4.78, 5) is 23.7. The molecule has 1 N–H and O–H groups in total. The monoisotopic (exact) mass is 310 g/mol. The first-order valence-electron chi connectivity index (χ1n) is 8.57. The molecule has 23 heavy (non-hydrogen) atoms. The number of carbonyl (C=O) groups excluding carboxylic acids is 1. The molecule has 1 amide bonds. The molecule has 4 rings (SSSR count). The van der Waals surface area contributed by atoms with Crippen LogP contribution >= 0.6 is 0 Å². The number of carbonyl (C=O) groups is 1. The Labute approximate surface area is 136 Å². The van der Waals surface area contributed by atoms with Crippen molar-refractivity contribution in [3.8, 4) is 0 Å². The summed E-state index contributed by atoms with van der Waals surface area (Å²) in [6.45, 7) is 1.89. The van der Waals surface area contributed by atoms with E-state index in [-0.39, 0.29) is 5.91 Å². The Morgan fingerprint density at radius 1 is 1.17 bits per heavy atom. The number of likely N-dealkylation sites (tertiary alicyclic amines) is 1. The van der Waals surface area contributed by atoms with Gasteiger partial charge < -0.3 is 5.32 Å². The normalized spacial score (nSPS) is 22.2. The minimum atomic E-state index is -0.122. The third kappa shape index (κ3) is 2.93. The summed E-state index contributed by atoms with van der Waals surface area (Å²) >= 11 is 0. The van der Waals surface area contributed by atoms with E-state index in [0.717, 1.165) is 17.1 Å². The average Bonchev–Trinajstić information content (AvgIpc) is 2.98. The third-order valence-corrected chi connectivity index (χ3v) is 5.15. The number of nitrogens with one attached hydrogen (secondary N) is 1. The Bertz CT molecular complexity index is 713. The van der Waals surface area contributed by atoms with Crippen molar-refractivity contribution in [1.29, 1.82) is 0 Å². The van der Waals surface area contributed by atoms with Crippen LogP contribution in [-0.4, -0.2) is 45.9 Å². The highest BCUT2D eigenvalue weighted by Crippen LogP contribution is 2.31. The highest BCUT2D eigenvalue weighted by Gasteiger charge is 2.33. The van der Waals surface area contributed by atoms with Crippen LogP contribution in [0.15, 0.2) is 30.5 Å². The van der Waals surface area contributed by atoms with Gasteiger partial charge >= 0.3 is 0 Å². The molecule has 0 bridgehead atoms. The van der Waals surface area contributed by atoms with E-state index >= 15 is 0 Å². The first kappa shape index (κ1) is 14.6. The van der Waals surface area contributed by atoms with Gasteiger partial charge in [0.2, 0.25) is 0 Å². The van der Waals surface area contributed by atoms with Crippen LogP contribution in [0.2, 0.25) is 0 Å². The van der Waals surface area contributed by atoms with Gasteiger partial charge in [-0.3, -0.25) is 14.7 Å². The summed E-state index contributed by atoms with van der Waals surface area (Å²) < 4.78 is 0. The van der Waals surface area contributed by atoms with Crippen molar-refractivity contribution in [3.05, 3.63) is 36.2 Å². The van der Waals surface area contributed by atoms with E-state index in [9.17, 15) is 4.79 Å². The van der Waals surface area contributed by atoms with E-state index in [1.54, 1.807) is 6.20 Å². The van der Waals surface area contributed by atoms with Gasteiger partial charge in [0.25, 0.3) is 5.91 Å². The molecule has 5 heteroatoms. The van der Waals surface area contributed by atoms with E-state index in [1.807, 2.05) is 24.3 Å². The molecule has 1 aromatic carbocycles. The molecule has 0 spiro atoms. The number of amides is 1. The number of hydrogen-bond donors (Lipinski definition) is 1. The molecule has 1 saturated heterocycles. The topological polar surface area (TPSA) is 58.1 Å². The van der Waals surface area contributed by atoms with Gasteiger partial charge in [-0.15, -0.1) is 0 Å². The minimum absolute atomic E-state index is 0.122. The largest absolute Gasteiger partial charge is 0.349 e. The molecule has 1 aromatic heterocycles. The van der Waals surface area contributed by atoms with Gasteiger partial charge in [-0.2, -0.15) is 0 Å². The van der Waals surface area contributed by atoms with Gasteiger partial charge in [-0.1, -0.05) is 18.6 Å². The van der Waals surface area contributed by atoms with Crippen LogP contribution in [0.3, 0.4) is 0 Å². The lowest BCUT2D eigenvalue weighted by Gasteiger charge is -2.38. The zero-order valence-corrected chi connectivity index (χ0v) is 13.2. The summed E-state index contributed by atoms with van der Waals surface area (Å²) in [7, 11) is 0. The van der Waals surface area contributed by atoms with Crippen LogP contribution in [0.5, 0.6) is 0 Å². The molecular formula is C18H22N4O. The second-order valence-corrected chi connectivity index (χ2v) is 6.57. The number of benzene rings is 1. The number of hydrogen-bond acceptors (Lipinski definition) is 4. The Morgan fingerprint density at radius 2 is 2.00 bits per heavy atom. The van der Waals surface area contributed by atoms with Crippen LogP contribution in [0.1, 0.15) is 42.6 Å². The SMILES string of the molecule is O=C(NC[C@@H]1CCCN1C1CCC1)c1cnc2ccccc2n1. The molecule has 1 aliphatic heterocycles. The molecule has 1 saturated carbocycles. The van der Waals surface area contributed by atoms with Crippen molar-refractivity contribution in [2.45, 2.75) is 44.2 Å². The van der Waals surface area contributed by atoms with Gasteiger partial charge in [0, 0.05) is 18.6 Å². The van der Waals surface area contributed by atoms with Crippen LogP contribution in [-0.2, 0) is 0 Å². The van der Waals surface area contributed by atoms with Gasteiger partial charge in [-0.25, -0.2) is 4.98 Å².